The first kappa shape index (κ1) is 15.1. The van der Waals surface area contributed by atoms with Crippen molar-refractivity contribution in [3.63, 3.8) is 0 Å². The molecule has 2 aromatic heterocycles. The summed E-state index contributed by atoms with van der Waals surface area (Å²) in [4.78, 5) is 10.4. The maximum atomic E-state index is 10.6. The standard InChI is InChI=1S/C21H23N3O/c25-20(14-6-8-22-9-7-14)11-15-3-1-5-17-18-13-24-10-2-4-16(24)12-19(18)23-21(15)17/h1,3,5-9,16,20,23,25H,2,4,10-13H2. The van der Waals surface area contributed by atoms with Crippen molar-refractivity contribution in [3.05, 3.63) is 65.1 Å². The predicted octanol–water partition coefficient (Wildman–Crippen LogP) is 3.36. The van der Waals surface area contributed by atoms with Crippen LogP contribution in [0, 0.1) is 0 Å². The third-order valence-electron chi connectivity index (χ3n) is 5.92. The van der Waals surface area contributed by atoms with Gasteiger partial charge in [0.1, 0.15) is 0 Å². The molecule has 4 heteroatoms. The maximum Gasteiger partial charge on any atom is 0.0832 e. The fourth-order valence-electron chi connectivity index (χ4n) is 4.60. The fourth-order valence-corrected chi connectivity index (χ4v) is 4.60. The molecule has 2 unspecified atom stereocenters. The minimum absolute atomic E-state index is 0.503. The summed E-state index contributed by atoms with van der Waals surface area (Å²) in [6.07, 6.45) is 7.37. The second kappa shape index (κ2) is 5.97. The van der Waals surface area contributed by atoms with E-state index >= 15 is 0 Å². The van der Waals surface area contributed by atoms with E-state index in [1.54, 1.807) is 12.4 Å². The van der Waals surface area contributed by atoms with Crippen molar-refractivity contribution in [1.82, 2.24) is 14.9 Å². The molecule has 2 aliphatic rings. The first-order valence-corrected chi connectivity index (χ1v) is 9.23. The van der Waals surface area contributed by atoms with Crippen LogP contribution in [-0.2, 0) is 19.4 Å². The third-order valence-corrected chi connectivity index (χ3v) is 5.92. The van der Waals surface area contributed by atoms with Crippen LogP contribution in [0.15, 0.2) is 42.7 Å². The number of nitrogens with one attached hydrogen (secondary N) is 1. The van der Waals surface area contributed by atoms with Crippen LogP contribution < -0.4 is 0 Å². The van der Waals surface area contributed by atoms with Gasteiger partial charge >= 0.3 is 0 Å². The molecule has 1 fully saturated rings. The minimum atomic E-state index is -0.503. The number of H-pyrrole nitrogens is 1. The van der Waals surface area contributed by atoms with Gasteiger partial charge in [-0.25, -0.2) is 0 Å². The number of benzene rings is 1. The number of aliphatic hydroxyl groups excluding tert-OH is 1. The van der Waals surface area contributed by atoms with Gasteiger partial charge in [-0.2, -0.15) is 0 Å². The van der Waals surface area contributed by atoms with Crippen molar-refractivity contribution < 1.29 is 5.11 Å². The molecule has 0 amide bonds. The van der Waals surface area contributed by atoms with Crippen molar-refractivity contribution in [2.45, 2.75) is 44.4 Å². The lowest BCUT2D eigenvalue weighted by molar-refractivity contribution is 0.178. The molecule has 1 aromatic carbocycles. The van der Waals surface area contributed by atoms with E-state index in [-0.39, 0.29) is 0 Å². The van der Waals surface area contributed by atoms with Crippen LogP contribution >= 0.6 is 0 Å². The number of aromatic nitrogens is 2. The summed E-state index contributed by atoms with van der Waals surface area (Å²) in [5.41, 5.74) is 6.19. The maximum absolute atomic E-state index is 10.6. The van der Waals surface area contributed by atoms with Crippen molar-refractivity contribution in [2.75, 3.05) is 6.54 Å². The summed E-state index contributed by atoms with van der Waals surface area (Å²) < 4.78 is 0. The van der Waals surface area contributed by atoms with Gasteiger partial charge in [0.05, 0.1) is 6.10 Å². The molecule has 0 radical (unpaired) electrons. The van der Waals surface area contributed by atoms with Crippen molar-refractivity contribution in [3.8, 4) is 0 Å². The van der Waals surface area contributed by atoms with Crippen LogP contribution in [0.2, 0.25) is 0 Å². The number of fused-ring (bicyclic) bond motifs is 4. The van der Waals surface area contributed by atoms with Gasteiger partial charge in [-0.05, 0) is 48.2 Å². The lowest BCUT2D eigenvalue weighted by Crippen LogP contribution is -2.34. The van der Waals surface area contributed by atoms with Crippen LogP contribution in [0.25, 0.3) is 10.9 Å². The summed E-state index contributed by atoms with van der Waals surface area (Å²) >= 11 is 0. The highest BCUT2D eigenvalue weighted by atomic mass is 16.3. The second-order valence-electron chi connectivity index (χ2n) is 7.39. The van der Waals surface area contributed by atoms with Gasteiger partial charge in [0.25, 0.3) is 0 Å². The summed E-state index contributed by atoms with van der Waals surface area (Å²) in [5.74, 6) is 0. The number of rotatable bonds is 3. The van der Waals surface area contributed by atoms with Crippen LogP contribution in [0.1, 0.15) is 41.3 Å². The Balaban J connectivity index is 1.50. The molecule has 4 heterocycles. The highest BCUT2D eigenvalue weighted by Crippen LogP contribution is 2.36. The lowest BCUT2D eigenvalue weighted by atomic mass is 9.97. The topological polar surface area (TPSA) is 52.1 Å². The molecule has 25 heavy (non-hydrogen) atoms. The predicted molar refractivity (Wildman–Crippen MR) is 98.3 cm³/mol. The number of hydrogen-bond donors (Lipinski definition) is 2. The molecule has 0 spiro atoms. The van der Waals surface area contributed by atoms with E-state index in [0.29, 0.717) is 12.5 Å². The molecular weight excluding hydrogens is 310 g/mol. The molecule has 2 aliphatic heterocycles. The Morgan fingerprint density at radius 2 is 2.12 bits per heavy atom. The van der Waals surface area contributed by atoms with E-state index in [0.717, 1.165) is 18.5 Å². The van der Waals surface area contributed by atoms with Gasteiger partial charge in [-0.3, -0.25) is 9.88 Å². The van der Waals surface area contributed by atoms with E-state index in [1.807, 2.05) is 12.1 Å². The average Bonchev–Trinajstić information content (AvgIpc) is 3.24. The van der Waals surface area contributed by atoms with E-state index in [2.05, 4.69) is 33.1 Å². The van der Waals surface area contributed by atoms with Crippen LogP contribution in [0.4, 0.5) is 0 Å². The molecular formula is C21H23N3O. The monoisotopic (exact) mass is 333 g/mol. The van der Waals surface area contributed by atoms with E-state index in [9.17, 15) is 5.11 Å². The Kier molecular flexibility index (Phi) is 3.61. The Morgan fingerprint density at radius 3 is 3.00 bits per heavy atom. The molecule has 128 valence electrons. The SMILES string of the molecule is OC(Cc1cccc2c3c([nH]c12)CC1CCCN1C3)c1ccncc1. The summed E-state index contributed by atoms with van der Waals surface area (Å²) in [5, 5.41) is 12.0. The number of nitrogens with zero attached hydrogens (tertiary/aromatic N) is 2. The quantitative estimate of drug-likeness (QED) is 0.773. The van der Waals surface area contributed by atoms with Crippen LogP contribution in [0.3, 0.4) is 0 Å². The normalized spacial score (nSPS) is 21.2. The number of pyridine rings is 1. The zero-order valence-corrected chi connectivity index (χ0v) is 14.3. The number of aliphatic hydroxyl groups is 1. The van der Waals surface area contributed by atoms with E-state index in [4.69, 9.17) is 0 Å². The fraction of sp³-hybridized carbons (Fsp3) is 0.381. The van der Waals surface area contributed by atoms with Gasteiger partial charge in [0.15, 0.2) is 0 Å². The molecule has 4 nitrogen and oxygen atoms in total. The second-order valence-corrected chi connectivity index (χ2v) is 7.39. The Bertz CT molecular complexity index is 902. The molecule has 2 atom stereocenters. The van der Waals surface area contributed by atoms with Gasteiger partial charge < -0.3 is 10.1 Å². The summed E-state index contributed by atoms with van der Waals surface area (Å²) in [6, 6.07) is 11.0. The van der Waals surface area contributed by atoms with E-state index in [1.165, 1.54) is 47.1 Å². The molecule has 0 aliphatic carbocycles. The van der Waals surface area contributed by atoms with Crippen LogP contribution in [-0.4, -0.2) is 32.6 Å². The lowest BCUT2D eigenvalue weighted by Gasteiger charge is -2.29. The highest BCUT2D eigenvalue weighted by molar-refractivity contribution is 5.87. The van der Waals surface area contributed by atoms with Crippen LogP contribution in [0.5, 0.6) is 0 Å². The molecule has 3 aromatic rings. The van der Waals surface area contributed by atoms with Crippen molar-refractivity contribution in [2.24, 2.45) is 0 Å². The molecule has 2 N–H and O–H groups in total. The molecule has 5 rings (SSSR count). The number of para-hydroxylation sites is 1. The van der Waals surface area contributed by atoms with Crippen molar-refractivity contribution >= 4 is 10.9 Å². The Labute approximate surface area is 147 Å². The Hall–Kier alpha value is -2.17. The number of hydrogen-bond acceptors (Lipinski definition) is 3. The van der Waals surface area contributed by atoms with Crippen molar-refractivity contribution in [1.29, 1.82) is 0 Å². The third kappa shape index (κ3) is 2.57. The largest absolute Gasteiger partial charge is 0.388 e. The minimum Gasteiger partial charge on any atom is -0.388 e. The van der Waals surface area contributed by atoms with Gasteiger partial charge in [-0.1, -0.05) is 18.2 Å². The Morgan fingerprint density at radius 1 is 1.24 bits per heavy atom. The highest BCUT2D eigenvalue weighted by Gasteiger charge is 2.32. The molecule has 0 bridgehead atoms. The first-order chi connectivity index (χ1) is 12.3. The summed E-state index contributed by atoms with van der Waals surface area (Å²) in [6.45, 7) is 2.30. The summed E-state index contributed by atoms with van der Waals surface area (Å²) in [7, 11) is 0. The first-order valence-electron chi connectivity index (χ1n) is 9.23. The van der Waals surface area contributed by atoms with Gasteiger partial charge in [-0.15, -0.1) is 0 Å². The average molecular weight is 333 g/mol. The smallest absolute Gasteiger partial charge is 0.0832 e. The molecule has 0 saturated carbocycles. The zero-order chi connectivity index (χ0) is 16.8. The number of aromatic amines is 1. The van der Waals surface area contributed by atoms with Gasteiger partial charge in [0.2, 0.25) is 0 Å². The zero-order valence-electron chi connectivity index (χ0n) is 14.3. The van der Waals surface area contributed by atoms with Gasteiger partial charge in [0, 0.05) is 54.4 Å². The van der Waals surface area contributed by atoms with E-state index < -0.39 is 6.10 Å². The molecule has 1 saturated heterocycles.